The zero-order valence-electron chi connectivity index (χ0n) is 17.0. The maximum absolute atomic E-state index is 13.1. The zero-order valence-corrected chi connectivity index (χ0v) is 17.0. The van der Waals surface area contributed by atoms with Crippen molar-refractivity contribution in [1.82, 2.24) is 9.88 Å². The van der Waals surface area contributed by atoms with Crippen molar-refractivity contribution in [2.24, 2.45) is 0 Å². The lowest BCUT2D eigenvalue weighted by atomic mass is 10.0. The largest absolute Gasteiger partial charge is 0.464 e. The number of hydrogen-bond acceptors (Lipinski definition) is 5. The van der Waals surface area contributed by atoms with E-state index in [9.17, 15) is 14.4 Å². The molecule has 1 fully saturated rings. The number of carbonyl (C=O) groups excluding carboxylic acids is 3. The molecule has 1 atom stereocenters. The summed E-state index contributed by atoms with van der Waals surface area (Å²) < 4.78 is 10.5. The number of ether oxygens (including phenoxy) is 2. The predicted molar refractivity (Wildman–Crippen MR) is 107 cm³/mol. The first-order chi connectivity index (χ1) is 13.9. The maximum Gasteiger partial charge on any atom is 0.354 e. The number of methoxy groups -OCH3 is 1. The number of benzene rings is 1. The van der Waals surface area contributed by atoms with Gasteiger partial charge >= 0.3 is 5.97 Å². The van der Waals surface area contributed by atoms with Crippen LogP contribution in [0.1, 0.15) is 55.3 Å². The van der Waals surface area contributed by atoms with Crippen LogP contribution in [-0.2, 0) is 9.47 Å². The molecule has 1 aromatic carbocycles. The van der Waals surface area contributed by atoms with Crippen molar-refractivity contribution in [3.8, 4) is 0 Å². The number of amides is 1. The molecule has 0 radical (unpaired) electrons. The second-order valence-corrected chi connectivity index (χ2v) is 7.23. The number of hydrogen-bond donors (Lipinski definition) is 1. The Morgan fingerprint density at radius 2 is 1.93 bits per heavy atom. The first kappa shape index (κ1) is 20.8. The fraction of sp³-hybridized carbons (Fsp3) is 0.409. The molecular formula is C22H26N2O5. The minimum absolute atomic E-state index is 0.0745. The van der Waals surface area contributed by atoms with Crippen molar-refractivity contribution < 1.29 is 23.9 Å². The van der Waals surface area contributed by atoms with Gasteiger partial charge in [0.2, 0.25) is 0 Å². The summed E-state index contributed by atoms with van der Waals surface area (Å²) in [5, 5.41) is 0. The highest BCUT2D eigenvalue weighted by atomic mass is 16.5. The normalized spacial score (nSPS) is 15.9. The number of Topliss-reactive ketones (excluding diaryl/α,β-unsaturated/α-hetero) is 1. The van der Waals surface area contributed by atoms with Crippen LogP contribution >= 0.6 is 0 Å². The number of H-pyrrole nitrogens is 1. The van der Waals surface area contributed by atoms with Crippen molar-refractivity contribution in [3.05, 3.63) is 58.4 Å². The third-order valence-electron chi connectivity index (χ3n) is 5.20. The summed E-state index contributed by atoms with van der Waals surface area (Å²) in [5.74, 6) is -0.969. The Bertz CT molecular complexity index is 897. The molecule has 2 heterocycles. The summed E-state index contributed by atoms with van der Waals surface area (Å²) in [7, 11) is 1.29. The van der Waals surface area contributed by atoms with Crippen LogP contribution in [0.2, 0.25) is 0 Å². The number of carbonyl (C=O) groups is 3. The van der Waals surface area contributed by atoms with Crippen LogP contribution in [0.25, 0.3) is 0 Å². The van der Waals surface area contributed by atoms with E-state index in [-0.39, 0.29) is 30.0 Å². The highest BCUT2D eigenvalue weighted by Crippen LogP contribution is 2.21. The zero-order chi connectivity index (χ0) is 21.0. The number of ketones is 1. The average Bonchev–Trinajstić information content (AvgIpc) is 3.34. The van der Waals surface area contributed by atoms with Gasteiger partial charge in [0.05, 0.1) is 19.8 Å². The number of aryl methyl sites for hydroxylation is 1. The molecule has 1 aliphatic rings. The molecule has 154 valence electrons. The van der Waals surface area contributed by atoms with E-state index in [1.165, 1.54) is 12.0 Å². The average molecular weight is 398 g/mol. The number of aromatic amines is 1. The quantitative estimate of drug-likeness (QED) is 0.572. The second kappa shape index (κ2) is 9.05. The van der Waals surface area contributed by atoms with Gasteiger partial charge in [0.1, 0.15) is 5.69 Å². The van der Waals surface area contributed by atoms with Crippen LogP contribution in [-0.4, -0.2) is 60.5 Å². The molecule has 1 amide bonds. The van der Waals surface area contributed by atoms with E-state index in [2.05, 4.69) is 4.98 Å². The van der Waals surface area contributed by atoms with Gasteiger partial charge in [-0.3, -0.25) is 9.59 Å². The molecular weight excluding hydrogens is 372 g/mol. The van der Waals surface area contributed by atoms with E-state index in [1.54, 1.807) is 38.1 Å². The minimum Gasteiger partial charge on any atom is -0.464 e. The summed E-state index contributed by atoms with van der Waals surface area (Å²) in [6.45, 7) is 4.37. The Labute approximate surface area is 170 Å². The van der Waals surface area contributed by atoms with Gasteiger partial charge in [-0.1, -0.05) is 18.2 Å². The highest BCUT2D eigenvalue weighted by Gasteiger charge is 2.28. The van der Waals surface area contributed by atoms with Crippen LogP contribution in [0, 0.1) is 13.8 Å². The van der Waals surface area contributed by atoms with E-state index in [0.717, 1.165) is 12.8 Å². The first-order valence-corrected chi connectivity index (χ1v) is 9.69. The van der Waals surface area contributed by atoms with Gasteiger partial charge in [0, 0.05) is 30.0 Å². The van der Waals surface area contributed by atoms with E-state index in [1.807, 2.05) is 6.07 Å². The lowest BCUT2D eigenvalue weighted by molar-refractivity contribution is 0.0506. The van der Waals surface area contributed by atoms with E-state index >= 15 is 0 Å². The van der Waals surface area contributed by atoms with Crippen LogP contribution in [0.5, 0.6) is 0 Å². The number of nitrogens with zero attached hydrogens (tertiary/aromatic N) is 1. The molecule has 7 heteroatoms. The van der Waals surface area contributed by atoms with Crippen LogP contribution in [0.3, 0.4) is 0 Å². The fourth-order valence-electron chi connectivity index (χ4n) is 3.74. The molecule has 0 saturated carbocycles. The van der Waals surface area contributed by atoms with E-state index in [0.29, 0.717) is 35.5 Å². The van der Waals surface area contributed by atoms with Crippen molar-refractivity contribution in [1.29, 1.82) is 0 Å². The number of nitrogens with one attached hydrogen (secondary N) is 1. The molecule has 1 aliphatic heterocycles. The molecule has 1 saturated heterocycles. The molecule has 1 N–H and O–H groups in total. The smallest absolute Gasteiger partial charge is 0.354 e. The van der Waals surface area contributed by atoms with Crippen LogP contribution in [0.4, 0.5) is 0 Å². The van der Waals surface area contributed by atoms with Gasteiger partial charge < -0.3 is 19.4 Å². The topological polar surface area (TPSA) is 88.7 Å². The number of esters is 1. The predicted octanol–water partition coefficient (Wildman–Crippen LogP) is 2.92. The molecule has 1 unspecified atom stereocenters. The fourth-order valence-corrected chi connectivity index (χ4v) is 3.74. The van der Waals surface area contributed by atoms with Gasteiger partial charge in [0.15, 0.2) is 5.78 Å². The van der Waals surface area contributed by atoms with Gasteiger partial charge in [0.25, 0.3) is 5.91 Å². The standard InChI is InChI=1S/C22H26N2O5/c1-14-19(15(2)23-20(14)22(27)28-3)18(25)13-24(12-17-10-7-11-29-17)21(26)16-8-5-4-6-9-16/h4-6,8-9,17,23H,7,10-13H2,1-3H3. The Morgan fingerprint density at radius 1 is 1.21 bits per heavy atom. The lowest BCUT2D eigenvalue weighted by Gasteiger charge is -2.25. The van der Waals surface area contributed by atoms with Gasteiger partial charge in [-0.25, -0.2) is 4.79 Å². The summed E-state index contributed by atoms with van der Waals surface area (Å²) in [4.78, 5) is 42.6. The van der Waals surface area contributed by atoms with Gasteiger partial charge in [-0.15, -0.1) is 0 Å². The Morgan fingerprint density at radius 3 is 2.55 bits per heavy atom. The maximum atomic E-state index is 13.1. The summed E-state index contributed by atoms with van der Waals surface area (Å²) >= 11 is 0. The summed E-state index contributed by atoms with van der Waals surface area (Å²) in [6.07, 6.45) is 1.74. The molecule has 29 heavy (non-hydrogen) atoms. The number of aromatic nitrogens is 1. The molecule has 0 aliphatic carbocycles. The summed E-state index contributed by atoms with van der Waals surface area (Å²) in [6, 6.07) is 8.90. The third-order valence-corrected chi connectivity index (χ3v) is 5.20. The SMILES string of the molecule is COC(=O)c1[nH]c(C)c(C(=O)CN(CC2CCCO2)C(=O)c2ccccc2)c1C. The molecule has 0 spiro atoms. The Balaban J connectivity index is 1.85. The molecule has 7 nitrogen and oxygen atoms in total. The van der Waals surface area contributed by atoms with E-state index in [4.69, 9.17) is 9.47 Å². The minimum atomic E-state index is -0.527. The summed E-state index contributed by atoms with van der Waals surface area (Å²) in [5.41, 5.74) is 2.31. The van der Waals surface area contributed by atoms with Crippen LogP contribution in [0.15, 0.2) is 30.3 Å². The third kappa shape index (κ3) is 4.56. The monoisotopic (exact) mass is 398 g/mol. The first-order valence-electron chi connectivity index (χ1n) is 9.69. The lowest BCUT2D eigenvalue weighted by Crippen LogP contribution is -2.41. The molecule has 1 aromatic heterocycles. The Hall–Kier alpha value is -2.93. The number of rotatable bonds is 7. The van der Waals surface area contributed by atoms with Crippen molar-refractivity contribution in [3.63, 3.8) is 0 Å². The molecule has 3 rings (SSSR count). The van der Waals surface area contributed by atoms with Crippen molar-refractivity contribution in [2.75, 3.05) is 26.8 Å². The van der Waals surface area contributed by atoms with E-state index < -0.39 is 5.97 Å². The van der Waals surface area contributed by atoms with Gasteiger partial charge in [-0.05, 0) is 44.4 Å². The molecule has 2 aromatic rings. The Kier molecular flexibility index (Phi) is 6.49. The van der Waals surface area contributed by atoms with Gasteiger partial charge in [-0.2, -0.15) is 0 Å². The molecule has 0 bridgehead atoms. The second-order valence-electron chi connectivity index (χ2n) is 7.23. The van der Waals surface area contributed by atoms with Crippen molar-refractivity contribution in [2.45, 2.75) is 32.8 Å². The highest BCUT2D eigenvalue weighted by molar-refractivity contribution is 6.05. The van der Waals surface area contributed by atoms with Crippen LogP contribution < -0.4 is 0 Å². The van der Waals surface area contributed by atoms with Crippen molar-refractivity contribution >= 4 is 17.7 Å².